The number of hydrogen-bond donors (Lipinski definition) is 1. The zero-order valence-electron chi connectivity index (χ0n) is 11.6. The molecule has 2 aromatic carbocycles. The molecule has 0 aliphatic rings. The van der Waals surface area contributed by atoms with Gasteiger partial charge in [0.2, 0.25) is 0 Å². The topological polar surface area (TPSA) is 44.5 Å². The Labute approximate surface area is 136 Å². The van der Waals surface area contributed by atoms with Crippen molar-refractivity contribution in [3.05, 3.63) is 59.1 Å². The second-order valence-corrected chi connectivity index (χ2v) is 4.82. The molecule has 0 heterocycles. The summed E-state index contributed by atoms with van der Waals surface area (Å²) in [6, 6.07) is 15.2. The summed E-state index contributed by atoms with van der Waals surface area (Å²) < 4.78 is 11.2. The summed E-state index contributed by atoms with van der Waals surface area (Å²) in [6.07, 6.45) is 0.854. The molecule has 0 aliphatic carbocycles. The first kappa shape index (κ1) is 17.6. The zero-order valence-corrected chi connectivity index (χ0v) is 13.2. The van der Waals surface area contributed by atoms with Gasteiger partial charge in [0.25, 0.3) is 0 Å². The molecule has 0 spiro atoms. The highest BCUT2D eigenvalue weighted by Gasteiger charge is 1.98. The van der Waals surface area contributed by atoms with Crippen molar-refractivity contribution in [2.75, 3.05) is 13.2 Å². The predicted molar refractivity (Wildman–Crippen MR) is 88.6 cm³/mol. The van der Waals surface area contributed by atoms with Gasteiger partial charge in [0.05, 0.1) is 6.61 Å². The quantitative estimate of drug-likeness (QED) is 0.779. The Balaban J connectivity index is 0.00000220. The van der Waals surface area contributed by atoms with Gasteiger partial charge in [-0.3, -0.25) is 0 Å². The third kappa shape index (κ3) is 6.25. The second-order valence-electron chi connectivity index (χ2n) is 4.38. The summed E-state index contributed by atoms with van der Waals surface area (Å²) in [5, 5.41) is 0.717. The minimum absolute atomic E-state index is 0. The number of nitrogens with two attached hydrogens (primary N) is 1. The molecular weight excluding hydrogens is 309 g/mol. The molecule has 2 rings (SSSR count). The van der Waals surface area contributed by atoms with Gasteiger partial charge in [-0.1, -0.05) is 23.7 Å². The molecular formula is C16H19Cl2NO2. The van der Waals surface area contributed by atoms with Crippen molar-refractivity contribution >= 4 is 24.0 Å². The number of ether oxygens (including phenoxy) is 2. The van der Waals surface area contributed by atoms with Gasteiger partial charge in [0, 0.05) is 5.02 Å². The van der Waals surface area contributed by atoms with Gasteiger partial charge in [-0.05, 0) is 54.9 Å². The molecule has 0 saturated heterocycles. The van der Waals surface area contributed by atoms with E-state index in [0.29, 0.717) is 19.8 Å². The second kappa shape index (κ2) is 9.50. The third-order valence-corrected chi connectivity index (χ3v) is 2.97. The number of halogens is 2. The lowest BCUT2D eigenvalue weighted by molar-refractivity contribution is 0.300. The highest BCUT2D eigenvalue weighted by molar-refractivity contribution is 6.30. The summed E-state index contributed by atoms with van der Waals surface area (Å²) in [7, 11) is 0. The van der Waals surface area contributed by atoms with E-state index in [-0.39, 0.29) is 12.4 Å². The average Bonchev–Trinajstić information content (AvgIpc) is 2.47. The van der Waals surface area contributed by atoms with Crippen molar-refractivity contribution in [2.24, 2.45) is 5.73 Å². The molecule has 2 N–H and O–H groups in total. The van der Waals surface area contributed by atoms with E-state index in [4.69, 9.17) is 26.8 Å². The van der Waals surface area contributed by atoms with Crippen LogP contribution in [-0.4, -0.2) is 13.2 Å². The lowest BCUT2D eigenvalue weighted by Gasteiger charge is -2.08. The molecule has 0 atom stereocenters. The lowest BCUT2D eigenvalue weighted by atomic mass is 10.2. The summed E-state index contributed by atoms with van der Waals surface area (Å²) in [4.78, 5) is 0. The Bertz CT molecular complexity index is 532. The van der Waals surface area contributed by atoms with Gasteiger partial charge >= 0.3 is 0 Å². The molecule has 0 fully saturated rings. The van der Waals surface area contributed by atoms with Crippen LogP contribution in [0.25, 0.3) is 0 Å². The van der Waals surface area contributed by atoms with Gasteiger partial charge in [-0.25, -0.2) is 0 Å². The SMILES string of the molecule is Cl.NCCCOc1ccc(OCc2cccc(Cl)c2)cc1. The lowest BCUT2D eigenvalue weighted by Crippen LogP contribution is -2.06. The van der Waals surface area contributed by atoms with Crippen molar-refractivity contribution in [2.45, 2.75) is 13.0 Å². The van der Waals surface area contributed by atoms with Gasteiger partial charge in [-0.15, -0.1) is 12.4 Å². The Morgan fingerprint density at radius 2 is 1.62 bits per heavy atom. The van der Waals surface area contributed by atoms with Crippen LogP contribution in [0.1, 0.15) is 12.0 Å². The van der Waals surface area contributed by atoms with Crippen LogP contribution >= 0.6 is 24.0 Å². The molecule has 0 bridgehead atoms. The highest BCUT2D eigenvalue weighted by atomic mass is 35.5. The first-order valence-corrected chi connectivity index (χ1v) is 6.96. The summed E-state index contributed by atoms with van der Waals surface area (Å²) in [6.45, 7) is 1.77. The van der Waals surface area contributed by atoms with Crippen molar-refractivity contribution < 1.29 is 9.47 Å². The van der Waals surface area contributed by atoms with E-state index in [0.717, 1.165) is 28.5 Å². The van der Waals surface area contributed by atoms with Crippen LogP contribution in [0.2, 0.25) is 5.02 Å². The van der Waals surface area contributed by atoms with Crippen LogP contribution in [0.5, 0.6) is 11.5 Å². The normalized spacial score (nSPS) is 9.81. The number of hydrogen-bond acceptors (Lipinski definition) is 3. The molecule has 114 valence electrons. The van der Waals surface area contributed by atoms with E-state index in [9.17, 15) is 0 Å². The summed E-state index contributed by atoms with van der Waals surface area (Å²) in [5.41, 5.74) is 6.46. The van der Waals surface area contributed by atoms with E-state index < -0.39 is 0 Å². The van der Waals surface area contributed by atoms with Crippen molar-refractivity contribution in [3.8, 4) is 11.5 Å². The van der Waals surface area contributed by atoms with Crippen molar-refractivity contribution in [1.82, 2.24) is 0 Å². The Kier molecular flexibility index (Phi) is 7.98. The number of benzene rings is 2. The Morgan fingerprint density at radius 3 is 2.24 bits per heavy atom. The van der Waals surface area contributed by atoms with E-state index in [1.807, 2.05) is 48.5 Å². The molecule has 3 nitrogen and oxygen atoms in total. The van der Waals surface area contributed by atoms with Crippen molar-refractivity contribution in [3.63, 3.8) is 0 Å². The number of rotatable bonds is 7. The molecule has 0 unspecified atom stereocenters. The Hall–Kier alpha value is -1.42. The molecule has 2 aromatic rings. The van der Waals surface area contributed by atoms with Crippen molar-refractivity contribution in [1.29, 1.82) is 0 Å². The van der Waals surface area contributed by atoms with Gasteiger partial charge < -0.3 is 15.2 Å². The van der Waals surface area contributed by atoms with Crippen LogP contribution in [-0.2, 0) is 6.61 Å². The van der Waals surface area contributed by atoms with Crippen LogP contribution in [0.15, 0.2) is 48.5 Å². The van der Waals surface area contributed by atoms with Crippen LogP contribution in [0, 0.1) is 0 Å². The molecule has 0 radical (unpaired) electrons. The first-order chi connectivity index (χ1) is 9.78. The van der Waals surface area contributed by atoms with E-state index in [1.165, 1.54) is 0 Å². The first-order valence-electron chi connectivity index (χ1n) is 6.58. The highest BCUT2D eigenvalue weighted by Crippen LogP contribution is 2.19. The maximum Gasteiger partial charge on any atom is 0.120 e. The summed E-state index contributed by atoms with van der Waals surface area (Å²) in [5.74, 6) is 1.63. The minimum atomic E-state index is 0. The maximum absolute atomic E-state index is 5.93. The molecule has 0 aliphatic heterocycles. The smallest absolute Gasteiger partial charge is 0.120 e. The van der Waals surface area contributed by atoms with E-state index in [1.54, 1.807) is 0 Å². The predicted octanol–water partition coefficient (Wildman–Crippen LogP) is 4.07. The van der Waals surface area contributed by atoms with Crippen LogP contribution in [0.3, 0.4) is 0 Å². The molecule has 0 aromatic heterocycles. The van der Waals surface area contributed by atoms with E-state index >= 15 is 0 Å². The summed E-state index contributed by atoms with van der Waals surface area (Å²) >= 11 is 5.93. The fraction of sp³-hybridized carbons (Fsp3) is 0.250. The zero-order chi connectivity index (χ0) is 14.2. The largest absolute Gasteiger partial charge is 0.494 e. The van der Waals surface area contributed by atoms with Gasteiger partial charge in [-0.2, -0.15) is 0 Å². The molecule has 0 saturated carbocycles. The van der Waals surface area contributed by atoms with E-state index in [2.05, 4.69) is 0 Å². The minimum Gasteiger partial charge on any atom is -0.494 e. The molecule has 0 amide bonds. The maximum atomic E-state index is 5.93. The fourth-order valence-electron chi connectivity index (χ4n) is 1.70. The van der Waals surface area contributed by atoms with Gasteiger partial charge in [0.15, 0.2) is 0 Å². The fourth-order valence-corrected chi connectivity index (χ4v) is 1.91. The standard InChI is InChI=1S/C16H18ClNO2.ClH/c17-14-4-1-3-13(11-14)12-20-16-7-5-15(6-8-16)19-10-2-9-18;/h1,3-8,11H,2,9-10,12,18H2;1H. The third-order valence-electron chi connectivity index (χ3n) is 2.74. The average molecular weight is 328 g/mol. The van der Waals surface area contributed by atoms with Crippen LogP contribution in [0.4, 0.5) is 0 Å². The molecule has 5 heteroatoms. The van der Waals surface area contributed by atoms with Crippen LogP contribution < -0.4 is 15.2 Å². The monoisotopic (exact) mass is 327 g/mol. The van der Waals surface area contributed by atoms with Gasteiger partial charge in [0.1, 0.15) is 18.1 Å². The molecule has 21 heavy (non-hydrogen) atoms. The Morgan fingerprint density at radius 1 is 0.952 bits per heavy atom.